The monoisotopic (exact) mass is 465 g/mol. The first-order valence-corrected chi connectivity index (χ1v) is 10.8. The highest BCUT2D eigenvalue weighted by Crippen LogP contribution is 2.51. The highest BCUT2D eigenvalue weighted by molar-refractivity contribution is 6.02. The lowest BCUT2D eigenvalue weighted by Gasteiger charge is -2.29. The normalized spacial score (nSPS) is 20.3. The molecule has 4 N–H and O–H groups in total. The molecule has 3 aliphatic carbocycles. The maximum Gasteiger partial charge on any atom is 0.490 e. The van der Waals surface area contributed by atoms with Crippen LogP contribution in [0.25, 0.3) is 22.3 Å². The number of halogens is 3. The van der Waals surface area contributed by atoms with Crippen molar-refractivity contribution in [2.45, 2.75) is 69.2 Å². The number of aliphatic hydroxyl groups is 1. The third-order valence-electron chi connectivity index (χ3n) is 6.53. The van der Waals surface area contributed by atoms with Gasteiger partial charge in [-0.25, -0.2) is 14.8 Å². The van der Waals surface area contributed by atoms with Crippen molar-refractivity contribution in [3.05, 3.63) is 23.3 Å². The van der Waals surface area contributed by atoms with E-state index in [-0.39, 0.29) is 0 Å². The molecule has 0 bridgehead atoms. The molecule has 12 heteroatoms. The molecule has 0 radical (unpaired) electrons. The van der Waals surface area contributed by atoms with E-state index in [1.807, 2.05) is 0 Å². The minimum atomic E-state index is -5.08. The van der Waals surface area contributed by atoms with Crippen LogP contribution >= 0.6 is 0 Å². The second-order valence-corrected chi connectivity index (χ2v) is 8.67. The fourth-order valence-corrected chi connectivity index (χ4v) is 4.61. The zero-order valence-electron chi connectivity index (χ0n) is 17.5. The van der Waals surface area contributed by atoms with Gasteiger partial charge in [0.2, 0.25) is 0 Å². The van der Waals surface area contributed by atoms with E-state index < -0.39 is 18.2 Å². The number of fused-ring (bicyclic) bond motifs is 5. The summed E-state index contributed by atoms with van der Waals surface area (Å²) in [5, 5.41) is 23.3. The lowest BCUT2D eigenvalue weighted by Crippen LogP contribution is -2.21. The number of alkyl halides is 3. The molecule has 3 aromatic rings. The fraction of sp³-hybridized carbons (Fsp3) is 0.524. The smallest absolute Gasteiger partial charge is 0.475 e. The fourth-order valence-electron chi connectivity index (χ4n) is 4.61. The van der Waals surface area contributed by atoms with Crippen molar-refractivity contribution in [3.63, 3.8) is 0 Å². The highest BCUT2D eigenvalue weighted by Gasteiger charge is 2.40. The van der Waals surface area contributed by atoms with Crippen LogP contribution in [0.2, 0.25) is 0 Å². The molecule has 2 saturated carbocycles. The second-order valence-electron chi connectivity index (χ2n) is 8.67. The molecule has 176 valence electrons. The number of nitrogens with zero attached hydrogens (tertiary/aromatic N) is 4. The Morgan fingerprint density at radius 3 is 2.45 bits per heavy atom. The van der Waals surface area contributed by atoms with Gasteiger partial charge in [-0.05, 0) is 44.9 Å². The lowest BCUT2D eigenvalue weighted by atomic mass is 9.92. The topological polar surface area (TPSA) is 140 Å². The minimum Gasteiger partial charge on any atom is -0.475 e. The van der Waals surface area contributed by atoms with Crippen molar-refractivity contribution in [3.8, 4) is 11.3 Å². The number of anilines is 1. The molecule has 0 saturated heterocycles. The van der Waals surface area contributed by atoms with E-state index in [4.69, 9.17) is 20.2 Å². The highest BCUT2D eigenvalue weighted by atomic mass is 19.4. The maximum atomic E-state index is 10.8. The number of nitrogen functional groups attached to an aromatic ring is 1. The number of hydrogen-bond donors (Lipinski definition) is 3. The number of aromatic nitrogens is 4. The van der Waals surface area contributed by atoms with Gasteiger partial charge >= 0.3 is 12.1 Å². The van der Waals surface area contributed by atoms with Crippen molar-refractivity contribution in [1.82, 2.24) is 19.7 Å². The van der Waals surface area contributed by atoms with Crippen LogP contribution < -0.4 is 5.73 Å². The Morgan fingerprint density at radius 1 is 1.18 bits per heavy atom. The van der Waals surface area contributed by atoms with Gasteiger partial charge in [-0.2, -0.15) is 13.2 Å². The van der Waals surface area contributed by atoms with Crippen molar-refractivity contribution < 1.29 is 32.7 Å². The van der Waals surface area contributed by atoms with Gasteiger partial charge in [0.25, 0.3) is 0 Å². The van der Waals surface area contributed by atoms with Gasteiger partial charge in [-0.1, -0.05) is 5.16 Å². The van der Waals surface area contributed by atoms with E-state index in [1.54, 1.807) is 6.33 Å². The molecule has 3 aromatic heterocycles. The summed E-state index contributed by atoms with van der Waals surface area (Å²) in [6, 6.07) is 0.448. The third-order valence-corrected chi connectivity index (χ3v) is 6.53. The number of carboxylic acid groups (broad SMARTS) is 1. The number of rotatable bonds is 2. The summed E-state index contributed by atoms with van der Waals surface area (Å²) < 4.78 is 39.8. The van der Waals surface area contributed by atoms with E-state index in [2.05, 4.69) is 19.7 Å². The standard InChI is InChI=1S/C19H21N5O2.C2HF3O2/c20-18-15-13-11(24(10-2-1-3-10)19(15)22-8-21-18)6-7-12(25)14-16(13)23-26-17(14)9-4-5-9;3-2(4,5)1(6)7/h8-10,12,25H,1-7H2,(H2,20,21,22);(H,6,7). The molecule has 3 heterocycles. The summed E-state index contributed by atoms with van der Waals surface area (Å²) >= 11 is 0. The summed E-state index contributed by atoms with van der Waals surface area (Å²) in [5.74, 6) is -1.02. The first-order chi connectivity index (χ1) is 15.7. The lowest BCUT2D eigenvalue weighted by molar-refractivity contribution is -0.192. The van der Waals surface area contributed by atoms with Crippen molar-refractivity contribution in [2.75, 3.05) is 5.73 Å². The van der Waals surface area contributed by atoms with E-state index in [0.717, 1.165) is 65.7 Å². The van der Waals surface area contributed by atoms with Gasteiger partial charge in [0.15, 0.2) is 0 Å². The number of nitrogens with two attached hydrogens (primary N) is 1. The molecule has 1 unspecified atom stereocenters. The van der Waals surface area contributed by atoms with Crippen LogP contribution in [0.1, 0.15) is 73.6 Å². The molecule has 0 spiro atoms. The largest absolute Gasteiger partial charge is 0.490 e. The van der Waals surface area contributed by atoms with Gasteiger partial charge < -0.3 is 25.0 Å². The van der Waals surface area contributed by atoms with E-state index >= 15 is 0 Å². The second kappa shape index (κ2) is 7.72. The van der Waals surface area contributed by atoms with E-state index in [0.29, 0.717) is 24.2 Å². The summed E-state index contributed by atoms with van der Waals surface area (Å²) in [4.78, 5) is 17.7. The first-order valence-electron chi connectivity index (χ1n) is 10.8. The Labute approximate surface area is 185 Å². The molecule has 3 aliphatic rings. The van der Waals surface area contributed by atoms with E-state index in [9.17, 15) is 18.3 Å². The molecule has 6 rings (SSSR count). The average Bonchev–Trinajstić information content (AvgIpc) is 3.41. The van der Waals surface area contributed by atoms with Gasteiger partial charge in [0.1, 0.15) is 29.2 Å². The molecule has 0 amide bonds. The van der Waals surface area contributed by atoms with E-state index in [1.165, 1.54) is 12.1 Å². The van der Waals surface area contributed by atoms with Crippen LogP contribution in [-0.4, -0.2) is 42.1 Å². The summed E-state index contributed by atoms with van der Waals surface area (Å²) in [7, 11) is 0. The summed E-state index contributed by atoms with van der Waals surface area (Å²) in [6.45, 7) is 0. The number of carboxylic acids is 1. The molecule has 9 nitrogen and oxygen atoms in total. The molecular formula is C21H22F3N5O4. The third kappa shape index (κ3) is 3.62. The van der Waals surface area contributed by atoms with Crippen LogP contribution in [0, 0.1) is 0 Å². The zero-order chi connectivity index (χ0) is 23.5. The van der Waals surface area contributed by atoms with Crippen molar-refractivity contribution in [1.29, 1.82) is 0 Å². The Hall–Kier alpha value is -3.15. The number of aliphatic hydroxyl groups excluding tert-OH is 1. The van der Waals surface area contributed by atoms with Crippen LogP contribution in [-0.2, 0) is 11.2 Å². The Bertz CT molecular complexity index is 1230. The predicted molar refractivity (Wildman–Crippen MR) is 109 cm³/mol. The van der Waals surface area contributed by atoms with Crippen molar-refractivity contribution >= 4 is 22.8 Å². The number of carbonyl (C=O) groups is 1. The van der Waals surface area contributed by atoms with Crippen LogP contribution in [0.5, 0.6) is 0 Å². The summed E-state index contributed by atoms with van der Waals surface area (Å²) in [5.41, 5.74) is 10.9. The first kappa shape index (κ1) is 21.7. The Morgan fingerprint density at radius 2 is 1.88 bits per heavy atom. The quantitative estimate of drug-likeness (QED) is 0.518. The van der Waals surface area contributed by atoms with Crippen molar-refractivity contribution in [2.24, 2.45) is 0 Å². The SMILES string of the molecule is Nc1ncnc2c1c1c(n2C2CCC2)CCC(O)c2c-1noc2C1CC1.O=C(O)C(F)(F)F. The van der Waals surface area contributed by atoms with Crippen LogP contribution in [0.3, 0.4) is 0 Å². The Balaban J connectivity index is 0.000000287. The van der Waals surface area contributed by atoms with Crippen LogP contribution in [0.15, 0.2) is 10.9 Å². The van der Waals surface area contributed by atoms with Gasteiger partial charge in [-0.3, -0.25) is 0 Å². The predicted octanol–water partition coefficient (Wildman–Crippen LogP) is 3.88. The van der Waals surface area contributed by atoms with Gasteiger partial charge in [0.05, 0.1) is 17.1 Å². The zero-order valence-corrected chi connectivity index (χ0v) is 17.5. The molecule has 1 atom stereocenters. The Kier molecular flexibility index (Phi) is 5.07. The minimum absolute atomic E-state index is 0.399. The van der Waals surface area contributed by atoms with Gasteiger partial charge in [0, 0.05) is 23.2 Å². The number of hydrogen-bond acceptors (Lipinski definition) is 7. The number of aliphatic carboxylic acids is 1. The average molecular weight is 465 g/mol. The maximum absolute atomic E-state index is 10.8. The molecule has 33 heavy (non-hydrogen) atoms. The van der Waals surface area contributed by atoms with Crippen LogP contribution in [0.4, 0.5) is 19.0 Å². The van der Waals surface area contributed by atoms with Gasteiger partial charge in [-0.15, -0.1) is 0 Å². The molecule has 0 aromatic carbocycles. The molecule has 2 fully saturated rings. The molecule has 0 aliphatic heterocycles. The summed E-state index contributed by atoms with van der Waals surface area (Å²) in [6.07, 6.45) is 3.12. The molecular weight excluding hydrogens is 443 g/mol.